The molecule has 1 amide bonds. The molecule has 1 fully saturated rings. The number of anilines is 2. The second-order valence-corrected chi connectivity index (χ2v) is 11.2. The number of nitrogens with one attached hydrogen (secondary N) is 1. The fourth-order valence-electron chi connectivity index (χ4n) is 4.10. The second-order valence-electron chi connectivity index (χ2n) is 11.2. The van der Waals surface area contributed by atoms with Crippen molar-refractivity contribution >= 4 is 29.0 Å². The predicted molar refractivity (Wildman–Crippen MR) is 158 cm³/mol. The van der Waals surface area contributed by atoms with Crippen LogP contribution in [0.15, 0.2) is 66.7 Å². The van der Waals surface area contributed by atoms with Crippen molar-refractivity contribution in [2.24, 2.45) is 11.7 Å². The number of alkyl halides is 2. The molecule has 224 valence electrons. The summed E-state index contributed by atoms with van der Waals surface area (Å²) in [6.45, 7) is 13.5. The van der Waals surface area contributed by atoms with E-state index >= 15 is 0 Å². The Morgan fingerprint density at radius 3 is 2.63 bits per heavy atom. The van der Waals surface area contributed by atoms with Crippen LogP contribution in [0.1, 0.15) is 57.1 Å². The minimum absolute atomic E-state index is 0.0381. The molecule has 0 saturated heterocycles. The first kappa shape index (κ1) is 29.4. The number of pyridine rings is 2. The molecule has 1 aliphatic rings. The quantitative estimate of drug-likeness (QED) is 0.214. The lowest BCUT2D eigenvalue weighted by atomic mass is 10.2. The minimum Gasteiger partial charge on any atom is -0.444 e. The molecule has 0 unspecified atom stereocenters. The summed E-state index contributed by atoms with van der Waals surface area (Å²) in [6, 6.07) is 6.64. The number of rotatable bonds is 10. The number of halogens is 2. The molecule has 3 N–H and O–H groups in total. The SMILES string of the molecule is C=C(N)c1ccc(-n2cc(NC(=C)c3coc(-c4ccnc(N(CC5CC5)C(=O)OC(C)(C)C)c4)n3)c(C(F)F)n2)cn1. The molecule has 1 aliphatic carbocycles. The lowest BCUT2D eigenvalue weighted by Gasteiger charge is -2.27. The molecule has 43 heavy (non-hydrogen) atoms. The zero-order valence-electron chi connectivity index (χ0n) is 24.1. The number of amides is 1. The first-order valence-electron chi connectivity index (χ1n) is 13.6. The Bertz CT molecular complexity index is 1650. The third kappa shape index (κ3) is 7.05. The average molecular weight is 591 g/mol. The number of carbonyl (C=O) groups excluding carboxylic acids is 1. The van der Waals surface area contributed by atoms with E-state index in [2.05, 4.69) is 38.5 Å². The van der Waals surface area contributed by atoms with Crippen LogP contribution in [-0.4, -0.2) is 43.0 Å². The van der Waals surface area contributed by atoms with Gasteiger partial charge in [0.25, 0.3) is 6.43 Å². The molecule has 4 aromatic rings. The monoisotopic (exact) mass is 590 g/mol. The van der Waals surface area contributed by atoms with Gasteiger partial charge in [-0.3, -0.25) is 9.88 Å². The number of aromatic nitrogens is 5. The molecule has 4 heterocycles. The van der Waals surface area contributed by atoms with E-state index in [4.69, 9.17) is 14.9 Å². The van der Waals surface area contributed by atoms with Gasteiger partial charge in [-0.25, -0.2) is 28.2 Å². The van der Waals surface area contributed by atoms with Crippen molar-refractivity contribution in [2.45, 2.75) is 45.6 Å². The summed E-state index contributed by atoms with van der Waals surface area (Å²) in [5.41, 5.74) is 6.82. The van der Waals surface area contributed by atoms with Crippen molar-refractivity contribution in [3.8, 4) is 17.1 Å². The van der Waals surface area contributed by atoms with Crippen LogP contribution in [0.3, 0.4) is 0 Å². The van der Waals surface area contributed by atoms with Gasteiger partial charge in [-0.2, -0.15) is 5.10 Å². The molecule has 0 atom stereocenters. The minimum atomic E-state index is -2.86. The fourth-order valence-corrected chi connectivity index (χ4v) is 4.10. The number of hydrogen-bond donors (Lipinski definition) is 2. The first-order chi connectivity index (χ1) is 20.4. The molecule has 4 aromatic heterocycles. The van der Waals surface area contributed by atoms with Crippen LogP contribution in [0.5, 0.6) is 0 Å². The summed E-state index contributed by atoms with van der Waals surface area (Å²) in [5, 5.41) is 6.89. The van der Waals surface area contributed by atoms with E-state index < -0.39 is 23.8 Å². The van der Waals surface area contributed by atoms with Crippen LogP contribution >= 0.6 is 0 Å². The highest BCUT2D eigenvalue weighted by atomic mass is 19.3. The number of carbonyl (C=O) groups is 1. The van der Waals surface area contributed by atoms with E-state index in [1.807, 2.05) is 20.8 Å². The molecule has 11 nitrogen and oxygen atoms in total. The van der Waals surface area contributed by atoms with E-state index in [0.29, 0.717) is 35.2 Å². The first-order valence-corrected chi connectivity index (χ1v) is 13.6. The topological polar surface area (TPSA) is 137 Å². The Labute approximate surface area is 247 Å². The van der Waals surface area contributed by atoms with Crippen LogP contribution < -0.4 is 16.0 Å². The number of oxazole rings is 1. The van der Waals surface area contributed by atoms with Crippen molar-refractivity contribution in [2.75, 3.05) is 16.8 Å². The highest BCUT2D eigenvalue weighted by Crippen LogP contribution is 2.33. The molecule has 1 saturated carbocycles. The maximum Gasteiger partial charge on any atom is 0.416 e. The highest BCUT2D eigenvalue weighted by Gasteiger charge is 2.31. The summed E-state index contributed by atoms with van der Waals surface area (Å²) in [7, 11) is 0. The molecule has 0 radical (unpaired) electrons. The van der Waals surface area contributed by atoms with Crippen LogP contribution in [-0.2, 0) is 4.74 Å². The second kappa shape index (κ2) is 11.7. The Balaban J connectivity index is 1.35. The van der Waals surface area contributed by atoms with Gasteiger partial charge in [0.2, 0.25) is 5.89 Å². The number of nitrogens with zero attached hydrogens (tertiary/aromatic N) is 6. The van der Waals surface area contributed by atoms with Gasteiger partial charge < -0.3 is 20.2 Å². The summed E-state index contributed by atoms with van der Waals surface area (Å²) in [6.07, 6.45) is 4.50. The third-order valence-electron chi connectivity index (χ3n) is 6.41. The van der Waals surface area contributed by atoms with Crippen molar-refractivity contribution in [1.29, 1.82) is 0 Å². The molecule has 0 spiro atoms. The van der Waals surface area contributed by atoms with E-state index in [1.165, 1.54) is 28.2 Å². The van der Waals surface area contributed by atoms with Crippen LogP contribution in [0.4, 0.5) is 25.1 Å². The zero-order valence-corrected chi connectivity index (χ0v) is 24.1. The third-order valence-corrected chi connectivity index (χ3v) is 6.41. The van der Waals surface area contributed by atoms with Crippen LogP contribution in [0, 0.1) is 5.92 Å². The molecule has 5 rings (SSSR count). The smallest absolute Gasteiger partial charge is 0.416 e. The maximum atomic E-state index is 13.9. The van der Waals surface area contributed by atoms with Crippen molar-refractivity contribution in [1.82, 2.24) is 24.7 Å². The lowest BCUT2D eigenvalue weighted by molar-refractivity contribution is 0.0577. The van der Waals surface area contributed by atoms with Gasteiger partial charge in [-0.05, 0) is 63.8 Å². The summed E-state index contributed by atoms with van der Waals surface area (Å²) >= 11 is 0. The molecule has 0 aliphatic heterocycles. The Hall–Kier alpha value is -5.07. The molecular formula is C30H32F2N8O3. The Morgan fingerprint density at radius 1 is 1.23 bits per heavy atom. The van der Waals surface area contributed by atoms with Crippen molar-refractivity contribution < 1.29 is 22.7 Å². The van der Waals surface area contributed by atoms with Gasteiger partial charge in [0.05, 0.1) is 40.9 Å². The van der Waals surface area contributed by atoms with E-state index in [0.717, 1.165) is 12.8 Å². The highest BCUT2D eigenvalue weighted by molar-refractivity contribution is 5.87. The molecule has 13 heteroatoms. The largest absolute Gasteiger partial charge is 0.444 e. The summed E-state index contributed by atoms with van der Waals surface area (Å²) < 4.78 is 40.3. The van der Waals surface area contributed by atoms with Gasteiger partial charge in [0.15, 0.2) is 5.69 Å². The van der Waals surface area contributed by atoms with Gasteiger partial charge in [0, 0.05) is 18.3 Å². The molecular weight excluding hydrogens is 558 g/mol. The normalized spacial score (nSPS) is 13.2. The molecule has 0 bridgehead atoms. The fraction of sp³-hybridized carbons (Fsp3) is 0.300. The Kier molecular flexibility index (Phi) is 7.98. The summed E-state index contributed by atoms with van der Waals surface area (Å²) in [5.74, 6) is 1.03. The van der Waals surface area contributed by atoms with E-state index in [9.17, 15) is 13.6 Å². The number of hydrogen-bond acceptors (Lipinski definition) is 9. The van der Waals surface area contributed by atoms with Crippen LogP contribution in [0.25, 0.3) is 28.5 Å². The number of nitrogens with two attached hydrogens (primary N) is 1. The van der Waals surface area contributed by atoms with Crippen LogP contribution in [0.2, 0.25) is 0 Å². The van der Waals surface area contributed by atoms with Crippen molar-refractivity contribution in [3.63, 3.8) is 0 Å². The number of ether oxygens (including phenoxy) is 1. The molecule has 0 aromatic carbocycles. The summed E-state index contributed by atoms with van der Waals surface area (Å²) in [4.78, 5) is 27.6. The predicted octanol–water partition coefficient (Wildman–Crippen LogP) is 6.42. The van der Waals surface area contributed by atoms with Gasteiger partial charge >= 0.3 is 6.09 Å². The lowest BCUT2D eigenvalue weighted by Crippen LogP contribution is -2.38. The zero-order chi connectivity index (χ0) is 30.9. The van der Waals surface area contributed by atoms with Gasteiger partial charge in [0.1, 0.15) is 23.4 Å². The average Bonchev–Trinajstić information content (AvgIpc) is 3.45. The van der Waals surface area contributed by atoms with E-state index in [-0.39, 0.29) is 28.7 Å². The van der Waals surface area contributed by atoms with Gasteiger partial charge in [-0.15, -0.1) is 0 Å². The maximum absolute atomic E-state index is 13.9. The Morgan fingerprint density at radius 2 is 2.00 bits per heavy atom. The standard InChI is InChI=1S/C30H32F2N8O3/c1-17(33)22-9-8-21(13-35-22)40-15-23(26(38-40)27(31)32)36-18(2)24-16-42-28(37-24)20-10-11-34-25(12-20)39(14-19-6-7-19)29(41)43-30(3,4)5/h8-13,15-16,19,27,36H,1-2,6-7,14,33H2,3-5H3. The van der Waals surface area contributed by atoms with E-state index in [1.54, 1.807) is 30.5 Å². The van der Waals surface area contributed by atoms with Gasteiger partial charge in [-0.1, -0.05) is 13.2 Å². The van der Waals surface area contributed by atoms with Crippen molar-refractivity contribution in [3.05, 3.63) is 79.4 Å².